The molecule has 1 fully saturated rings. The molecule has 160 valence electrons. The van der Waals surface area contributed by atoms with Gasteiger partial charge in [0.15, 0.2) is 0 Å². The largest absolute Gasteiger partial charge is 0.445 e. The smallest absolute Gasteiger partial charge is 0.407 e. The summed E-state index contributed by atoms with van der Waals surface area (Å²) in [6.07, 6.45) is -1.65. The number of carbonyl (C=O) groups is 2. The predicted octanol–water partition coefficient (Wildman–Crippen LogP) is 4.40. The number of nitrogens with one attached hydrogen (secondary N) is 2. The van der Waals surface area contributed by atoms with Gasteiger partial charge < -0.3 is 20.1 Å². The first kappa shape index (κ1) is 21.5. The molecule has 0 aliphatic heterocycles. The maximum atomic E-state index is 14.5. The number of benzene rings is 2. The highest BCUT2D eigenvalue weighted by atomic mass is 19.3. The summed E-state index contributed by atoms with van der Waals surface area (Å²) in [5.74, 6) is -3.18. The summed E-state index contributed by atoms with van der Waals surface area (Å²) in [6.45, 7) is -0.0187. The van der Waals surface area contributed by atoms with Crippen LogP contribution in [0.25, 0.3) is 0 Å². The zero-order valence-electron chi connectivity index (χ0n) is 16.4. The minimum atomic E-state index is -3.18. The first-order chi connectivity index (χ1) is 14.4. The number of ether oxygens (including phenoxy) is 2. The molecule has 3 rings (SSSR count). The van der Waals surface area contributed by atoms with E-state index in [0.29, 0.717) is 6.42 Å². The van der Waals surface area contributed by atoms with Crippen molar-refractivity contribution in [3.05, 3.63) is 71.8 Å². The van der Waals surface area contributed by atoms with Gasteiger partial charge in [0.05, 0.1) is 6.04 Å². The molecule has 1 saturated carbocycles. The molecule has 30 heavy (non-hydrogen) atoms. The first-order valence-electron chi connectivity index (χ1n) is 9.76. The third-order valence-corrected chi connectivity index (χ3v) is 4.88. The normalized spacial score (nSPS) is 20.1. The second kappa shape index (κ2) is 10.0. The van der Waals surface area contributed by atoms with Crippen LogP contribution in [0.15, 0.2) is 60.7 Å². The third-order valence-electron chi connectivity index (χ3n) is 4.88. The Morgan fingerprint density at radius 1 is 0.867 bits per heavy atom. The molecule has 1 aliphatic rings. The van der Waals surface area contributed by atoms with Crippen LogP contribution in [0.3, 0.4) is 0 Å². The van der Waals surface area contributed by atoms with E-state index >= 15 is 0 Å². The van der Waals surface area contributed by atoms with Crippen LogP contribution in [-0.4, -0.2) is 30.2 Å². The fourth-order valence-corrected chi connectivity index (χ4v) is 3.34. The molecule has 2 amide bonds. The quantitative estimate of drug-likeness (QED) is 0.729. The molecular formula is C22H24F2N2O4. The zero-order valence-corrected chi connectivity index (χ0v) is 16.4. The molecule has 0 aromatic heterocycles. The number of hydrogen-bond donors (Lipinski definition) is 2. The number of alkyl carbamates (subject to hydrolysis) is 2. The van der Waals surface area contributed by atoms with Crippen LogP contribution in [0.1, 0.15) is 30.4 Å². The number of carbonyl (C=O) groups excluding carboxylic acids is 2. The van der Waals surface area contributed by atoms with Gasteiger partial charge in [-0.15, -0.1) is 0 Å². The van der Waals surface area contributed by atoms with Gasteiger partial charge in [-0.05, 0) is 24.0 Å². The number of amides is 2. The van der Waals surface area contributed by atoms with E-state index in [1.54, 1.807) is 48.5 Å². The van der Waals surface area contributed by atoms with Gasteiger partial charge in [-0.2, -0.15) is 0 Å². The fraction of sp³-hybridized carbons (Fsp3) is 0.364. The Hall–Kier alpha value is -3.16. The van der Waals surface area contributed by atoms with Crippen molar-refractivity contribution in [2.24, 2.45) is 0 Å². The summed E-state index contributed by atoms with van der Waals surface area (Å²) in [6, 6.07) is 15.4. The average molecular weight is 418 g/mol. The van der Waals surface area contributed by atoms with Crippen molar-refractivity contribution >= 4 is 12.2 Å². The van der Waals surface area contributed by atoms with E-state index < -0.39 is 30.2 Å². The maximum absolute atomic E-state index is 14.5. The lowest BCUT2D eigenvalue weighted by atomic mass is 9.87. The summed E-state index contributed by atoms with van der Waals surface area (Å²) < 4.78 is 39.1. The lowest BCUT2D eigenvalue weighted by Gasteiger charge is -2.38. The van der Waals surface area contributed by atoms with Crippen molar-refractivity contribution in [2.75, 3.05) is 0 Å². The Labute approximate surface area is 173 Å². The molecule has 0 heterocycles. The zero-order chi connectivity index (χ0) is 21.4. The van der Waals surface area contributed by atoms with E-state index in [4.69, 9.17) is 9.47 Å². The van der Waals surface area contributed by atoms with Crippen LogP contribution in [-0.2, 0) is 22.7 Å². The second-order valence-corrected chi connectivity index (χ2v) is 7.15. The summed E-state index contributed by atoms with van der Waals surface area (Å²) in [5.41, 5.74) is 1.52. The highest BCUT2D eigenvalue weighted by molar-refractivity contribution is 5.69. The molecule has 8 heteroatoms. The average Bonchev–Trinajstić information content (AvgIpc) is 2.74. The number of rotatable bonds is 6. The lowest BCUT2D eigenvalue weighted by Crippen LogP contribution is -2.62. The highest BCUT2D eigenvalue weighted by Crippen LogP contribution is 2.34. The van der Waals surface area contributed by atoms with Crippen molar-refractivity contribution in [3.63, 3.8) is 0 Å². The molecule has 2 aromatic carbocycles. The molecule has 2 atom stereocenters. The molecule has 2 aromatic rings. The highest BCUT2D eigenvalue weighted by Gasteiger charge is 2.48. The van der Waals surface area contributed by atoms with Crippen molar-refractivity contribution in [1.29, 1.82) is 0 Å². The SMILES string of the molecule is O=C(NC1CCCC(F)(F)C1NC(=O)OCc1ccccc1)OCc1ccccc1. The van der Waals surface area contributed by atoms with Gasteiger partial charge in [-0.1, -0.05) is 60.7 Å². The van der Waals surface area contributed by atoms with E-state index in [1.165, 1.54) is 0 Å². The molecular weight excluding hydrogens is 394 g/mol. The van der Waals surface area contributed by atoms with Crippen LogP contribution in [0.2, 0.25) is 0 Å². The predicted molar refractivity (Wildman–Crippen MR) is 106 cm³/mol. The Bertz CT molecular complexity index is 834. The Morgan fingerprint density at radius 3 is 1.90 bits per heavy atom. The standard InChI is InChI=1S/C22H24F2N2O4/c23-22(24)13-7-12-18(25-20(27)29-14-16-8-3-1-4-9-16)19(22)26-21(28)30-15-17-10-5-2-6-11-17/h1-6,8-11,18-19H,7,12-15H2,(H,25,27)(H,26,28). The molecule has 1 aliphatic carbocycles. The van der Waals surface area contributed by atoms with Gasteiger partial charge in [0.25, 0.3) is 5.92 Å². The summed E-state index contributed by atoms with van der Waals surface area (Å²) in [4.78, 5) is 24.2. The molecule has 2 unspecified atom stereocenters. The van der Waals surface area contributed by atoms with Crippen LogP contribution in [0.5, 0.6) is 0 Å². The summed E-state index contributed by atoms with van der Waals surface area (Å²) in [5, 5.41) is 4.69. The Kier molecular flexibility index (Phi) is 7.21. The lowest BCUT2D eigenvalue weighted by molar-refractivity contribution is -0.0732. The number of hydrogen-bond acceptors (Lipinski definition) is 4. The second-order valence-electron chi connectivity index (χ2n) is 7.15. The summed E-state index contributed by atoms with van der Waals surface area (Å²) in [7, 11) is 0. The van der Waals surface area contributed by atoms with Gasteiger partial charge in [-0.3, -0.25) is 0 Å². The van der Waals surface area contributed by atoms with Crippen LogP contribution < -0.4 is 10.6 Å². The van der Waals surface area contributed by atoms with Gasteiger partial charge in [0.1, 0.15) is 19.3 Å². The van der Waals surface area contributed by atoms with E-state index in [0.717, 1.165) is 11.1 Å². The van der Waals surface area contributed by atoms with E-state index in [2.05, 4.69) is 10.6 Å². The molecule has 0 spiro atoms. The van der Waals surface area contributed by atoms with Crippen LogP contribution in [0, 0.1) is 0 Å². The fourth-order valence-electron chi connectivity index (χ4n) is 3.34. The van der Waals surface area contributed by atoms with Crippen molar-refractivity contribution in [1.82, 2.24) is 10.6 Å². The Balaban J connectivity index is 1.55. The van der Waals surface area contributed by atoms with Gasteiger partial charge in [-0.25, -0.2) is 18.4 Å². The first-order valence-corrected chi connectivity index (χ1v) is 9.76. The van der Waals surface area contributed by atoms with E-state index in [1.807, 2.05) is 12.1 Å². The number of alkyl halides is 2. The number of halogens is 2. The Morgan fingerprint density at radius 2 is 1.37 bits per heavy atom. The molecule has 0 bridgehead atoms. The minimum Gasteiger partial charge on any atom is -0.445 e. The minimum absolute atomic E-state index is 0.0208. The third kappa shape index (κ3) is 6.17. The van der Waals surface area contributed by atoms with Gasteiger partial charge in [0.2, 0.25) is 0 Å². The van der Waals surface area contributed by atoms with Gasteiger partial charge >= 0.3 is 12.2 Å². The monoisotopic (exact) mass is 418 g/mol. The van der Waals surface area contributed by atoms with Gasteiger partial charge in [0, 0.05) is 6.42 Å². The van der Waals surface area contributed by atoms with E-state index in [9.17, 15) is 18.4 Å². The van der Waals surface area contributed by atoms with Crippen molar-refractivity contribution in [3.8, 4) is 0 Å². The molecule has 0 saturated heterocycles. The van der Waals surface area contributed by atoms with Crippen LogP contribution >= 0.6 is 0 Å². The molecule has 2 N–H and O–H groups in total. The topological polar surface area (TPSA) is 76.7 Å². The van der Waals surface area contributed by atoms with Crippen molar-refractivity contribution in [2.45, 2.75) is 50.5 Å². The van der Waals surface area contributed by atoms with Crippen molar-refractivity contribution < 1.29 is 27.8 Å². The summed E-state index contributed by atoms with van der Waals surface area (Å²) >= 11 is 0. The molecule has 0 radical (unpaired) electrons. The maximum Gasteiger partial charge on any atom is 0.407 e. The van der Waals surface area contributed by atoms with E-state index in [-0.39, 0.29) is 26.1 Å². The van der Waals surface area contributed by atoms with Crippen LogP contribution in [0.4, 0.5) is 18.4 Å². The molecule has 6 nitrogen and oxygen atoms in total.